The summed E-state index contributed by atoms with van der Waals surface area (Å²) in [5, 5.41) is 0. The monoisotopic (exact) mass is 574 g/mol. The Hall–Kier alpha value is -4.47. The number of benzene rings is 3. The van der Waals surface area contributed by atoms with Crippen molar-refractivity contribution in [2.75, 3.05) is 0 Å². The molecule has 0 aliphatic heterocycles. The maximum absolute atomic E-state index is 9.75. The van der Waals surface area contributed by atoms with Gasteiger partial charge in [0.15, 0.2) is 12.4 Å². The smallest absolute Gasteiger partial charge is 0.418 e. The molecule has 0 N–H and O–H groups in total. The van der Waals surface area contributed by atoms with E-state index in [0.717, 1.165) is 17.1 Å². The Labute approximate surface area is 232 Å². The minimum atomic E-state index is -6.00. The normalized spacial score (nSPS) is 11.0. The first-order chi connectivity index (χ1) is 19.3. The molecular formula is C29H24B2F8N2. The number of aryl methyl sites for hydroxylation is 1. The first kappa shape index (κ1) is 31.1. The number of hydrogen-bond donors (Lipinski definition) is 0. The maximum atomic E-state index is 9.75. The molecule has 0 aliphatic carbocycles. The van der Waals surface area contributed by atoms with Crippen LogP contribution in [-0.4, -0.2) is 14.5 Å². The van der Waals surface area contributed by atoms with Crippen LogP contribution in [0.25, 0.3) is 39.3 Å². The zero-order valence-electron chi connectivity index (χ0n) is 21.7. The van der Waals surface area contributed by atoms with Gasteiger partial charge in [-0.1, -0.05) is 54.6 Å². The van der Waals surface area contributed by atoms with E-state index in [0.29, 0.717) is 0 Å². The second-order valence-corrected chi connectivity index (χ2v) is 8.66. The van der Waals surface area contributed by atoms with Crippen molar-refractivity contribution < 1.29 is 43.7 Å². The van der Waals surface area contributed by atoms with E-state index in [4.69, 9.17) is 0 Å². The summed E-state index contributed by atoms with van der Waals surface area (Å²) in [5.74, 6) is 0. The van der Waals surface area contributed by atoms with Gasteiger partial charge in [-0.2, -0.15) is 4.57 Å². The first-order valence-corrected chi connectivity index (χ1v) is 12.3. The van der Waals surface area contributed by atoms with Gasteiger partial charge in [0.05, 0.1) is 0 Å². The molecule has 0 saturated heterocycles. The van der Waals surface area contributed by atoms with E-state index in [2.05, 4.69) is 137 Å². The Morgan fingerprint density at radius 3 is 1.15 bits per heavy atom. The van der Waals surface area contributed by atoms with Gasteiger partial charge in [-0.25, -0.2) is 4.57 Å². The molecule has 0 radical (unpaired) electrons. The van der Waals surface area contributed by atoms with Gasteiger partial charge in [0.25, 0.3) is 0 Å². The Kier molecular flexibility index (Phi) is 10.4. The molecular weight excluding hydrogens is 550 g/mol. The van der Waals surface area contributed by atoms with Gasteiger partial charge in [-0.3, -0.25) is 0 Å². The lowest BCUT2D eigenvalue weighted by atomic mass is 9.99. The molecule has 212 valence electrons. The van der Waals surface area contributed by atoms with Gasteiger partial charge in [-0.05, 0) is 35.4 Å². The van der Waals surface area contributed by atoms with Crippen LogP contribution in [0.4, 0.5) is 34.5 Å². The SMILES string of the molecule is C[n+]1ccc(-c2cc(-c3ccccc3)[n+](-c3ccccc3)c(-c3ccccc3)c2)cc1.F[B-](F)(F)F.F[B-](F)(F)F. The number of para-hydroxylation sites is 1. The molecule has 0 atom stereocenters. The third-order valence-electron chi connectivity index (χ3n) is 5.53. The predicted molar refractivity (Wildman–Crippen MR) is 146 cm³/mol. The highest BCUT2D eigenvalue weighted by atomic mass is 19.5. The van der Waals surface area contributed by atoms with Crippen LogP contribution in [0.2, 0.25) is 0 Å². The Morgan fingerprint density at radius 1 is 0.439 bits per heavy atom. The average molecular weight is 574 g/mol. The van der Waals surface area contributed by atoms with Crippen LogP contribution in [0.3, 0.4) is 0 Å². The highest BCUT2D eigenvalue weighted by Gasteiger charge is 2.25. The van der Waals surface area contributed by atoms with Crippen LogP contribution in [-0.2, 0) is 7.05 Å². The summed E-state index contributed by atoms with van der Waals surface area (Å²) in [7, 11) is -9.96. The lowest BCUT2D eigenvalue weighted by Gasteiger charge is -2.12. The summed E-state index contributed by atoms with van der Waals surface area (Å²) in [6.45, 7) is 0. The van der Waals surface area contributed by atoms with Crippen LogP contribution in [0, 0.1) is 0 Å². The van der Waals surface area contributed by atoms with Crippen LogP contribution in [0.15, 0.2) is 128 Å². The molecule has 3 aromatic carbocycles. The molecule has 5 aromatic rings. The number of nitrogens with zero attached hydrogens (tertiary/aromatic N) is 2. The van der Waals surface area contributed by atoms with Gasteiger partial charge in [0, 0.05) is 47.5 Å². The van der Waals surface area contributed by atoms with E-state index in [-0.39, 0.29) is 0 Å². The van der Waals surface area contributed by atoms with Gasteiger partial charge < -0.3 is 34.5 Å². The fourth-order valence-electron chi connectivity index (χ4n) is 3.95. The molecule has 5 rings (SSSR count). The summed E-state index contributed by atoms with van der Waals surface area (Å²) in [6, 6.07) is 40.8. The Balaban J connectivity index is 0.000000400. The lowest BCUT2D eigenvalue weighted by molar-refractivity contribution is -0.671. The van der Waals surface area contributed by atoms with Gasteiger partial charge >= 0.3 is 14.5 Å². The number of hydrogen-bond acceptors (Lipinski definition) is 0. The fourth-order valence-corrected chi connectivity index (χ4v) is 3.95. The van der Waals surface area contributed by atoms with E-state index < -0.39 is 14.5 Å². The minimum Gasteiger partial charge on any atom is -0.418 e. The predicted octanol–water partition coefficient (Wildman–Crippen LogP) is 8.39. The van der Waals surface area contributed by atoms with E-state index >= 15 is 0 Å². The van der Waals surface area contributed by atoms with E-state index in [1.165, 1.54) is 22.3 Å². The molecule has 0 spiro atoms. The van der Waals surface area contributed by atoms with Crippen LogP contribution < -0.4 is 9.13 Å². The fraction of sp³-hybridized carbons (Fsp3) is 0.0345. The maximum Gasteiger partial charge on any atom is 0.673 e. The van der Waals surface area contributed by atoms with E-state index in [1.54, 1.807) is 0 Å². The van der Waals surface area contributed by atoms with Crippen LogP contribution >= 0.6 is 0 Å². The van der Waals surface area contributed by atoms with Crippen molar-refractivity contribution in [2.45, 2.75) is 0 Å². The molecule has 41 heavy (non-hydrogen) atoms. The van der Waals surface area contributed by atoms with Crippen molar-refractivity contribution in [1.82, 2.24) is 0 Å². The second kappa shape index (κ2) is 13.7. The second-order valence-electron chi connectivity index (χ2n) is 8.66. The van der Waals surface area contributed by atoms with E-state index in [1.807, 2.05) is 7.05 Å². The van der Waals surface area contributed by atoms with Gasteiger partial charge in [0.1, 0.15) is 7.05 Å². The molecule has 2 nitrogen and oxygen atoms in total. The summed E-state index contributed by atoms with van der Waals surface area (Å²) in [5.41, 5.74) is 8.25. The van der Waals surface area contributed by atoms with Crippen molar-refractivity contribution in [3.05, 3.63) is 128 Å². The number of rotatable bonds is 4. The quantitative estimate of drug-likeness (QED) is 0.116. The molecule has 12 heteroatoms. The van der Waals surface area contributed by atoms with Gasteiger partial charge in [0.2, 0.25) is 17.1 Å². The average Bonchev–Trinajstić information content (AvgIpc) is 2.92. The number of aromatic nitrogens is 2. The van der Waals surface area contributed by atoms with Crippen molar-refractivity contribution in [3.63, 3.8) is 0 Å². The zero-order valence-corrected chi connectivity index (χ0v) is 21.7. The topological polar surface area (TPSA) is 7.76 Å². The van der Waals surface area contributed by atoms with Crippen molar-refractivity contribution in [3.8, 4) is 39.3 Å². The summed E-state index contributed by atoms with van der Waals surface area (Å²) in [6.07, 6.45) is 4.19. The third-order valence-corrected chi connectivity index (χ3v) is 5.53. The first-order valence-electron chi connectivity index (χ1n) is 12.3. The van der Waals surface area contributed by atoms with E-state index in [9.17, 15) is 34.5 Å². The van der Waals surface area contributed by atoms with Crippen LogP contribution in [0.5, 0.6) is 0 Å². The highest BCUT2D eigenvalue weighted by Crippen LogP contribution is 2.30. The molecule has 0 saturated carbocycles. The number of halogens is 8. The summed E-state index contributed by atoms with van der Waals surface area (Å²) < 4.78 is 82.4. The van der Waals surface area contributed by atoms with Crippen molar-refractivity contribution >= 4 is 14.5 Å². The third kappa shape index (κ3) is 10.6. The van der Waals surface area contributed by atoms with Crippen molar-refractivity contribution in [1.29, 1.82) is 0 Å². The molecule has 0 unspecified atom stereocenters. The highest BCUT2D eigenvalue weighted by molar-refractivity contribution is 6.50. The minimum absolute atomic E-state index is 1.14. The molecule has 2 aromatic heterocycles. The zero-order chi connectivity index (χ0) is 30.0. The molecule has 0 amide bonds. The largest absolute Gasteiger partial charge is 0.673 e. The van der Waals surface area contributed by atoms with Crippen molar-refractivity contribution in [2.24, 2.45) is 7.05 Å². The summed E-state index contributed by atoms with van der Waals surface area (Å²) >= 11 is 0. The van der Waals surface area contributed by atoms with Crippen LogP contribution in [0.1, 0.15) is 0 Å². The standard InChI is InChI=1S/C29H24N2.2BF4/c1-30-19-17-23(18-20-30)26-21-28(24-11-5-2-6-12-24)31(27-15-9-4-10-16-27)29(22-26)25-13-7-3-8-14-25;2*2-1(3,4)5/h2-22H,1H3;;/q+2;2*-1. The molecule has 0 aliphatic rings. The summed E-state index contributed by atoms with van der Waals surface area (Å²) in [4.78, 5) is 0. The van der Waals surface area contributed by atoms with Gasteiger partial charge in [-0.15, -0.1) is 0 Å². The lowest BCUT2D eigenvalue weighted by Crippen LogP contribution is -2.36. The molecule has 0 bridgehead atoms. The number of pyridine rings is 2. The Morgan fingerprint density at radius 2 is 0.780 bits per heavy atom. The Bertz CT molecular complexity index is 1430. The molecule has 2 heterocycles. The molecule has 0 fully saturated rings.